The first-order chi connectivity index (χ1) is 11.1. The Kier molecular flexibility index (Phi) is 5.27. The van der Waals surface area contributed by atoms with Crippen molar-refractivity contribution in [2.45, 2.75) is 45.0 Å². The van der Waals surface area contributed by atoms with Crippen LogP contribution in [-0.2, 0) is 16.2 Å². The zero-order chi connectivity index (χ0) is 16.2. The summed E-state index contributed by atoms with van der Waals surface area (Å²) < 4.78 is 0. The van der Waals surface area contributed by atoms with Crippen LogP contribution in [0, 0.1) is 5.92 Å². The Hall–Kier alpha value is -1.47. The van der Waals surface area contributed by atoms with Gasteiger partial charge in [-0.15, -0.1) is 0 Å². The first-order valence-corrected chi connectivity index (χ1v) is 8.35. The first-order valence-electron chi connectivity index (χ1n) is 8.35. The molecule has 3 atom stereocenters. The Labute approximate surface area is 137 Å². The number of amides is 1. The van der Waals surface area contributed by atoms with Crippen LogP contribution < -0.4 is 16.2 Å². The van der Waals surface area contributed by atoms with E-state index in [1.165, 1.54) is 5.56 Å². The number of carbonyl (C=O) groups is 1. The molecule has 2 aliphatic rings. The van der Waals surface area contributed by atoms with Crippen molar-refractivity contribution in [1.29, 1.82) is 0 Å². The number of nitrogens with zero attached hydrogens (tertiary/aromatic N) is 1. The third kappa shape index (κ3) is 4.29. The number of hydrazine groups is 1. The van der Waals surface area contributed by atoms with Crippen LogP contribution in [0.2, 0.25) is 0 Å². The van der Waals surface area contributed by atoms with E-state index in [-0.39, 0.29) is 24.1 Å². The fraction of sp³-hybridized carbons (Fsp3) is 0.588. The minimum Gasteiger partial charge on any atom is -0.348 e. The van der Waals surface area contributed by atoms with Gasteiger partial charge in [-0.2, -0.15) is 5.48 Å². The average Bonchev–Trinajstić information content (AvgIpc) is 3.18. The van der Waals surface area contributed by atoms with Crippen LogP contribution >= 0.6 is 0 Å². The molecular weight excluding hydrogens is 292 g/mol. The molecule has 6 nitrogen and oxygen atoms in total. The summed E-state index contributed by atoms with van der Waals surface area (Å²) in [6.07, 6.45) is 0.350. The Bertz CT molecular complexity index is 523. The van der Waals surface area contributed by atoms with Gasteiger partial charge in [0.25, 0.3) is 5.91 Å². The molecule has 3 unspecified atom stereocenters. The summed E-state index contributed by atoms with van der Waals surface area (Å²) in [5, 5.41) is 5.23. The maximum atomic E-state index is 12.3. The number of carbonyl (C=O) groups excluding carboxylic acids is 1. The van der Waals surface area contributed by atoms with Crippen molar-refractivity contribution in [3.63, 3.8) is 0 Å². The van der Waals surface area contributed by atoms with E-state index in [1.54, 1.807) is 0 Å². The topological polar surface area (TPSA) is 65.6 Å². The van der Waals surface area contributed by atoms with Crippen molar-refractivity contribution in [3.8, 4) is 0 Å². The van der Waals surface area contributed by atoms with Gasteiger partial charge in [-0.25, -0.2) is 5.01 Å². The molecule has 3 rings (SSSR count). The van der Waals surface area contributed by atoms with E-state index in [2.05, 4.69) is 47.2 Å². The summed E-state index contributed by atoms with van der Waals surface area (Å²) in [6, 6.07) is 10.7. The van der Waals surface area contributed by atoms with E-state index >= 15 is 0 Å². The van der Waals surface area contributed by atoms with Gasteiger partial charge in [0.1, 0.15) is 0 Å². The van der Waals surface area contributed by atoms with Crippen molar-refractivity contribution >= 4 is 5.91 Å². The molecule has 23 heavy (non-hydrogen) atoms. The predicted octanol–water partition coefficient (Wildman–Crippen LogP) is 0.810. The van der Waals surface area contributed by atoms with Crippen LogP contribution in [0.1, 0.15) is 25.8 Å². The number of hydroxylamine groups is 1. The smallest absolute Gasteiger partial charge is 0.251 e. The molecule has 0 bridgehead atoms. The lowest BCUT2D eigenvalue weighted by Gasteiger charge is -2.17. The van der Waals surface area contributed by atoms with Crippen molar-refractivity contribution in [3.05, 3.63) is 35.9 Å². The normalized spacial score (nSPS) is 28.4. The average molecular weight is 318 g/mol. The Balaban J connectivity index is 1.44. The van der Waals surface area contributed by atoms with E-state index in [0.29, 0.717) is 5.92 Å². The first kappa shape index (κ1) is 16.4. The second-order valence-corrected chi connectivity index (χ2v) is 6.74. The third-order valence-corrected chi connectivity index (χ3v) is 4.49. The van der Waals surface area contributed by atoms with E-state index in [0.717, 1.165) is 26.1 Å². The lowest BCUT2D eigenvalue weighted by atomic mass is 10.00. The van der Waals surface area contributed by atoms with Crippen molar-refractivity contribution in [2.24, 2.45) is 5.92 Å². The zero-order valence-electron chi connectivity index (χ0n) is 13.8. The van der Waals surface area contributed by atoms with Crippen LogP contribution in [0.5, 0.6) is 0 Å². The molecule has 2 saturated heterocycles. The molecule has 0 spiro atoms. The molecule has 6 heteroatoms. The van der Waals surface area contributed by atoms with Gasteiger partial charge in [-0.3, -0.25) is 15.1 Å². The van der Waals surface area contributed by atoms with E-state index in [1.807, 2.05) is 18.2 Å². The summed E-state index contributed by atoms with van der Waals surface area (Å²) in [5.74, 6) is 0.441. The standard InChI is InChI=1S/C17H26N4O2/c1-12(2)15-8-16(23-20-15)17(22)19-14-9-18-21(11-14)10-13-6-4-3-5-7-13/h3-7,12,14-16,18,20H,8-11H2,1-2H3,(H,19,22). The monoisotopic (exact) mass is 318 g/mol. The van der Waals surface area contributed by atoms with Crippen LogP contribution in [-0.4, -0.2) is 42.2 Å². The highest BCUT2D eigenvalue weighted by molar-refractivity contribution is 5.81. The Morgan fingerprint density at radius 1 is 1.39 bits per heavy atom. The molecule has 1 aromatic carbocycles. The summed E-state index contributed by atoms with van der Waals surface area (Å²) in [5.41, 5.74) is 7.57. The molecule has 2 aliphatic heterocycles. The second-order valence-electron chi connectivity index (χ2n) is 6.74. The van der Waals surface area contributed by atoms with Gasteiger partial charge < -0.3 is 5.32 Å². The lowest BCUT2D eigenvalue weighted by molar-refractivity contribution is -0.133. The highest BCUT2D eigenvalue weighted by atomic mass is 16.7. The molecular formula is C17H26N4O2. The zero-order valence-corrected chi connectivity index (χ0v) is 13.8. The van der Waals surface area contributed by atoms with Gasteiger partial charge in [0, 0.05) is 32.1 Å². The predicted molar refractivity (Wildman–Crippen MR) is 88.0 cm³/mol. The number of nitrogens with one attached hydrogen (secondary N) is 3. The van der Waals surface area contributed by atoms with E-state index < -0.39 is 0 Å². The summed E-state index contributed by atoms with van der Waals surface area (Å²) in [7, 11) is 0. The summed E-state index contributed by atoms with van der Waals surface area (Å²) in [6.45, 7) is 6.65. The lowest BCUT2D eigenvalue weighted by Crippen LogP contribution is -2.44. The molecule has 0 saturated carbocycles. The SMILES string of the molecule is CC(C)C1CC(C(=O)NC2CNN(Cc3ccccc3)C2)ON1. The fourth-order valence-electron chi connectivity index (χ4n) is 3.01. The van der Waals surface area contributed by atoms with Gasteiger partial charge in [0.15, 0.2) is 6.10 Å². The van der Waals surface area contributed by atoms with Crippen molar-refractivity contribution < 1.29 is 9.63 Å². The van der Waals surface area contributed by atoms with Gasteiger partial charge >= 0.3 is 0 Å². The molecule has 3 N–H and O–H groups in total. The number of benzene rings is 1. The molecule has 0 aliphatic carbocycles. The molecule has 0 aromatic heterocycles. The molecule has 1 amide bonds. The number of rotatable bonds is 5. The Morgan fingerprint density at radius 2 is 2.17 bits per heavy atom. The quantitative estimate of drug-likeness (QED) is 0.750. The van der Waals surface area contributed by atoms with Gasteiger partial charge in [-0.1, -0.05) is 44.2 Å². The third-order valence-electron chi connectivity index (χ3n) is 4.49. The maximum absolute atomic E-state index is 12.3. The van der Waals surface area contributed by atoms with Gasteiger partial charge in [0.2, 0.25) is 0 Å². The van der Waals surface area contributed by atoms with Gasteiger partial charge in [0.05, 0.1) is 6.04 Å². The van der Waals surface area contributed by atoms with Crippen LogP contribution in [0.3, 0.4) is 0 Å². The molecule has 1 aromatic rings. The van der Waals surface area contributed by atoms with Crippen LogP contribution in [0.4, 0.5) is 0 Å². The van der Waals surface area contributed by atoms with Gasteiger partial charge in [-0.05, 0) is 11.5 Å². The van der Waals surface area contributed by atoms with Crippen molar-refractivity contribution in [2.75, 3.05) is 13.1 Å². The maximum Gasteiger partial charge on any atom is 0.251 e. The second kappa shape index (κ2) is 7.40. The highest BCUT2D eigenvalue weighted by Crippen LogP contribution is 2.17. The van der Waals surface area contributed by atoms with Crippen LogP contribution in [0.25, 0.3) is 0 Å². The fourth-order valence-corrected chi connectivity index (χ4v) is 3.01. The molecule has 2 fully saturated rings. The summed E-state index contributed by atoms with van der Waals surface area (Å²) >= 11 is 0. The van der Waals surface area contributed by atoms with Crippen LogP contribution in [0.15, 0.2) is 30.3 Å². The minimum absolute atomic E-state index is 0.0194. The minimum atomic E-state index is -0.384. The van der Waals surface area contributed by atoms with Crippen molar-refractivity contribution in [1.82, 2.24) is 21.2 Å². The highest BCUT2D eigenvalue weighted by Gasteiger charge is 2.34. The van der Waals surface area contributed by atoms with E-state index in [4.69, 9.17) is 4.84 Å². The molecule has 126 valence electrons. The largest absolute Gasteiger partial charge is 0.348 e. The molecule has 0 radical (unpaired) electrons. The molecule has 2 heterocycles. The Morgan fingerprint density at radius 3 is 2.87 bits per heavy atom. The van der Waals surface area contributed by atoms with E-state index in [9.17, 15) is 4.79 Å². The number of hydrogen-bond acceptors (Lipinski definition) is 5. The number of hydrogen-bond donors (Lipinski definition) is 3. The summed E-state index contributed by atoms with van der Waals surface area (Å²) in [4.78, 5) is 17.7.